The van der Waals surface area contributed by atoms with E-state index in [1.165, 1.54) is 44.1 Å². The van der Waals surface area contributed by atoms with Crippen molar-refractivity contribution < 1.29 is 4.79 Å². The standard InChI is InChI=1S/C22H32N2O/c1-13-5-14(2)20(15(3)6-13)23-21(25)16(4)24-22-10-17-7-18(11-22)9-19(8-17)12-22/h5-6,16-19,24H,7-12H2,1-4H3,(H,23,25). The lowest BCUT2D eigenvalue weighted by molar-refractivity contribution is -0.119. The Morgan fingerprint density at radius 1 is 1.00 bits per heavy atom. The molecule has 4 saturated carbocycles. The molecule has 1 aromatic carbocycles. The van der Waals surface area contributed by atoms with E-state index >= 15 is 0 Å². The Bertz CT molecular complexity index is 635. The van der Waals surface area contributed by atoms with Gasteiger partial charge in [-0.2, -0.15) is 0 Å². The van der Waals surface area contributed by atoms with Gasteiger partial charge in [0, 0.05) is 11.2 Å². The molecule has 4 bridgehead atoms. The fourth-order valence-electron chi connectivity index (χ4n) is 6.42. The lowest BCUT2D eigenvalue weighted by Gasteiger charge is -2.57. The van der Waals surface area contributed by atoms with Crippen LogP contribution in [0.1, 0.15) is 62.1 Å². The lowest BCUT2D eigenvalue weighted by Crippen LogP contribution is -2.62. The summed E-state index contributed by atoms with van der Waals surface area (Å²) in [7, 11) is 0. The Hall–Kier alpha value is -1.35. The molecule has 1 atom stereocenters. The second kappa shape index (κ2) is 6.12. The molecule has 136 valence electrons. The first kappa shape index (κ1) is 17.1. The van der Waals surface area contributed by atoms with Gasteiger partial charge in [-0.05, 0) is 95.1 Å². The second-order valence-electron chi connectivity index (χ2n) is 9.33. The van der Waals surface area contributed by atoms with Crippen LogP contribution >= 0.6 is 0 Å². The summed E-state index contributed by atoms with van der Waals surface area (Å²) in [5.74, 6) is 2.80. The Balaban J connectivity index is 1.45. The summed E-state index contributed by atoms with van der Waals surface area (Å²) < 4.78 is 0. The molecule has 5 rings (SSSR count). The van der Waals surface area contributed by atoms with Gasteiger partial charge < -0.3 is 10.6 Å². The highest BCUT2D eigenvalue weighted by Gasteiger charge is 2.51. The van der Waals surface area contributed by atoms with Gasteiger partial charge in [-0.1, -0.05) is 17.7 Å². The number of hydrogen-bond donors (Lipinski definition) is 2. The first-order chi connectivity index (χ1) is 11.8. The molecule has 2 N–H and O–H groups in total. The number of anilines is 1. The largest absolute Gasteiger partial charge is 0.324 e. The van der Waals surface area contributed by atoms with E-state index in [1.54, 1.807) is 0 Å². The van der Waals surface area contributed by atoms with Gasteiger partial charge in [-0.25, -0.2) is 0 Å². The zero-order valence-corrected chi connectivity index (χ0v) is 16.1. The molecule has 3 heteroatoms. The van der Waals surface area contributed by atoms with Crippen molar-refractivity contribution in [1.29, 1.82) is 0 Å². The predicted molar refractivity (Wildman–Crippen MR) is 103 cm³/mol. The van der Waals surface area contributed by atoms with Crippen molar-refractivity contribution in [2.24, 2.45) is 17.8 Å². The number of carbonyl (C=O) groups is 1. The molecule has 3 nitrogen and oxygen atoms in total. The maximum absolute atomic E-state index is 12.9. The van der Waals surface area contributed by atoms with Crippen molar-refractivity contribution in [3.05, 3.63) is 28.8 Å². The molecule has 0 aromatic heterocycles. The Morgan fingerprint density at radius 2 is 1.48 bits per heavy atom. The summed E-state index contributed by atoms with van der Waals surface area (Å²) in [6.07, 6.45) is 8.13. The Kier molecular flexibility index (Phi) is 4.18. The fraction of sp³-hybridized carbons (Fsp3) is 0.682. The topological polar surface area (TPSA) is 41.1 Å². The SMILES string of the molecule is Cc1cc(C)c(NC(=O)C(C)NC23CC4CC(CC(C4)C2)C3)c(C)c1. The summed E-state index contributed by atoms with van der Waals surface area (Å²) in [5.41, 5.74) is 4.74. The maximum atomic E-state index is 12.9. The lowest BCUT2D eigenvalue weighted by atomic mass is 9.53. The quantitative estimate of drug-likeness (QED) is 0.847. The van der Waals surface area contributed by atoms with Crippen LogP contribution in [0.5, 0.6) is 0 Å². The predicted octanol–water partition coefficient (Wildman–Crippen LogP) is 4.50. The Labute approximate surface area is 152 Å². The summed E-state index contributed by atoms with van der Waals surface area (Å²) in [6.45, 7) is 8.29. The minimum atomic E-state index is -0.142. The van der Waals surface area contributed by atoms with E-state index in [2.05, 4.69) is 43.5 Å². The van der Waals surface area contributed by atoms with Gasteiger partial charge in [-0.3, -0.25) is 4.79 Å². The molecule has 4 aliphatic rings. The van der Waals surface area contributed by atoms with E-state index in [4.69, 9.17) is 0 Å². The van der Waals surface area contributed by atoms with Gasteiger partial charge in [-0.15, -0.1) is 0 Å². The van der Waals surface area contributed by atoms with Crippen LogP contribution in [0.15, 0.2) is 12.1 Å². The highest BCUT2D eigenvalue weighted by atomic mass is 16.2. The summed E-state index contributed by atoms with van der Waals surface area (Å²) in [6, 6.07) is 4.14. The number of carbonyl (C=O) groups excluding carboxylic acids is 1. The molecule has 0 heterocycles. The van der Waals surface area contributed by atoms with Crippen LogP contribution in [0.3, 0.4) is 0 Å². The van der Waals surface area contributed by atoms with E-state index in [0.717, 1.165) is 34.6 Å². The van der Waals surface area contributed by atoms with Crippen LogP contribution in [0.2, 0.25) is 0 Å². The molecule has 0 radical (unpaired) electrons. The van der Waals surface area contributed by atoms with Crippen molar-refractivity contribution in [3.63, 3.8) is 0 Å². The molecule has 0 spiro atoms. The molecule has 1 unspecified atom stereocenters. The minimum Gasteiger partial charge on any atom is -0.324 e. The molecule has 0 aliphatic heterocycles. The van der Waals surface area contributed by atoms with Gasteiger partial charge in [0.2, 0.25) is 5.91 Å². The number of nitrogens with one attached hydrogen (secondary N) is 2. The minimum absolute atomic E-state index is 0.103. The average Bonchev–Trinajstić information content (AvgIpc) is 2.48. The third kappa shape index (κ3) is 3.23. The van der Waals surface area contributed by atoms with Crippen molar-refractivity contribution in [2.75, 3.05) is 5.32 Å². The smallest absolute Gasteiger partial charge is 0.241 e. The first-order valence-corrected chi connectivity index (χ1v) is 10.00. The third-order valence-electron chi connectivity index (χ3n) is 6.88. The zero-order chi connectivity index (χ0) is 17.8. The molecule has 1 amide bonds. The number of amides is 1. The van der Waals surface area contributed by atoms with E-state index in [0.29, 0.717) is 0 Å². The molecule has 4 fully saturated rings. The molecule has 1 aromatic rings. The average molecular weight is 341 g/mol. The highest BCUT2D eigenvalue weighted by molar-refractivity contribution is 5.96. The normalized spacial score (nSPS) is 34.2. The van der Waals surface area contributed by atoms with Crippen molar-refractivity contribution in [1.82, 2.24) is 5.32 Å². The number of benzene rings is 1. The van der Waals surface area contributed by atoms with Crippen LogP contribution in [-0.4, -0.2) is 17.5 Å². The summed E-state index contributed by atoms with van der Waals surface area (Å²) >= 11 is 0. The third-order valence-corrected chi connectivity index (χ3v) is 6.88. The molecule has 25 heavy (non-hydrogen) atoms. The van der Waals surface area contributed by atoms with E-state index in [-0.39, 0.29) is 17.5 Å². The van der Waals surface area contributed by atoms with Crippen molar-refractivity contribution >= 4 is 11.6 Å². The van der Waals surface area contributed by atoms with Crippen molar-refractivity contribution in [3.8, 4) is 0 Å². The second-order valence-corrected chi connectivity index (χ2v) is 9.33. The van der Waals surface area contributed by atoms with E-state index < -0.39 is 0 Å². The van der Waals surface area contributed by atoms with E-state index in [9.17, 15) is 4.79 Å². The molecular formula is C22H32N2O. The molecule has 0 saturated heterocycles. The van der Waals surface area contributed by atoms with Crippen LogP contribution in [-0.2, 0) is 4.79 Å². The number of aryl methyl sites for hydroxylation is 3. The van der Waals surface area contributed by atoms with Crippen LogP contribution in [0.4, 0.5) is 5.69 Å². The van der Waals surface area contributed by atoms with Gasteiger partial charge in [0.25, 0.3) is 0 Å². The summed E-state index contributed by atoms with van der Waals surface area (Å²) in [4.78, 5) is 12.9. The van der Waals surface area contributed by atoms with Gasteiger partial charge in [0.1, 0.15) is 0 Å². The Morgan fingerprint density at radius 3 is 1.96 bits per heavy atom. The first-order valence-electron chi connectivity index (χ1n) is 10.00. The number of hydrogen-bond acceptors (Lipinski definition) is 2. The molecular weight excluding hydrogens is 308 g/mol. The summed E-state index contributed by atoms with van der Waals surface area (Å²) in [5, 5.41) is 6.97. The van der Waals surface area contributed by atoms with Gasteiger partial charge >= 0.3 is 0 Å². The van der Waals surface area contributed by atoms with E-state index in [1.807, 2.05) is 6.92 Å². The van der Waals surface area contributed by atoms with Gasteiger partial charge in [0.15, 0.2) is 0 Å². The van der Waals surface area contributed by atoms with Crippen LogP contribution in [0.25, 0.3) is 0 Å². The fourth-order valence-corrected chi connectivity index (χ4v) is 6.42. The zero-order valence-electron chi connectivity index (χ0n) is 16.1. The van der Waals surface area contributed by atoms with Gasteiger partial charge in [0.05, 0.1) is 6.04 Å². The van der Waals surface area contributed by atoms with Crippen LogP contribution in [0, 0.1) is 38.5 Å². The monoisotopic (exact) mass is 340 g/mol. The molecule has 4 aliphatic carbocycles. The van der Waals surface area contributed by atoms with Crippen molar-refractivity contribution in [2.45, 2.75) is 77.8 Å². The number of rotatable bonds is 4. The highest BCUT2D eigenvalue weighted by Crippen LogP contribution is 2.55. The van der Waals surface area contributed by atoms with Crippen LogP contribution < -0.4 is 10.6 Å². The maximum Gasteiger partial charge on any atom is 0.241 e.